The highest BCUT2D eigenvalue weighted by molar-refractivity contribution is 5.51. The van der Waals surface area contributed by atoms with Gasteiger partial charge in [-0.1, -0.05) is 12.1 Å². The highest BCUT2D eigenvalue weighted by atomic mass is 16.6. The number of hydrogen-bond donors (Lipinski definition) is 1. The summed E-state index contributed by atoms with van der Waals surface area (Å²) in [5, 5.41) is 32.9. The Morgan fingerprint density at radius 2 is 2.17 bits per heavy atom. The lowest BCUT2D eigenvalue weighted by Gasteiger charge is -2.09. The van der Waals surface area contributed by atoms with Crippen molar-refractivity contribution in [1.82, 2.24) is 25.2 Å². The van der Waals surface area contributed by atoms with Gasteiger partial charge in [0.25, 0.3) is 5.69 Å². The van der Waals surface area contributed by atoms with Gasteiger partial charge in [0.1, 0.15) is 6.10 Å². The fourth-order valence-electron chi connectivity index (χ4n) is 2.04. The normalized spacial score (nSPS) is 12.0. The lowest BCUT2D eigenvalue weighted by Crippen LogP contribution is -2.11. The smallest absolute Gasteiger partial charge is 0.269 e. The van der Waals surface area contributed by atoms with E-state index in [9.17, 15) is 15.2 Å². The zero-order valence-corrected chi connectivity index (χ0v) is 11.9. The van der Waals surface area contributed by atoms with Gasteiger partial charge in [0.15, 0.2) is 0 Å². The predicted molar refractivity (Wildman–Crippen MR) is 79.1 cm³/mol. The number of non-ortho nitro benzene ring substituents is 1. The fraction of sp³-hybridized carbons (Fsp3) is 0.143. The van der Waals surface area contributed by atoms with Gasteiger partial charge in [-0.2, -0.15) is 4.80 Å². The Bertz CT molecular complexity index is 820. The van der Waals surface area contributed by atoms with E-state index in [1.54, 1.807) is 30.6 Å². The number of aliphatic hydroxyl groups excluding tert-OH is 1. The van der Waals surface area contributed by atoms with E-state index in [4.69, 9.17) is 0 Å². The molecule has 0 spiro atoms. The predicted octanol–water partition coefficient (Wildman–Crippen LogP) is 1.38. The van der Waals surface area contributed by atoms with Crippen LogP contribution in [0.15, 0.2) is 48.8 Å². The van der Waals surface area contributed by atoms with E-state index in [0.29, 0.717) is 17.0 Å². The van der Waals surface area contributed by atoms with E-state index in [2.05, 4.69) is 20.4 Å². The Balaban J connectivity index is 1.76. The number of nitro groups is 1. The number of aromatic nitrogens is 5. The quantitative estimate of drug-likeness (QED) is 0.558. The molecule has 0 unspecified atom stereocenters. The summed E-state index contributed by atoms with van der Waals surface area (Å²) in [5.74, 6) is 0.393. The van der Waals surface area contributed by atoms with Gasteiger partial charge in [-0.3, -0.25) is 15.1 Å². The summed E-state index contributed by atoms with van der Waals surface area (Å²) in [6.45, 7) is 0.0361. The zero-order chi connectivity index (χ0) is 16.2. The van der Waals surface area contributed by atoms with Crippen LogP contribution in [0.3, 0.4) is 0 Å². The number of benzene rings is 1. The van der Waals surface area contributed by atoms with Gasteiger partial charge in [-0.05, 0) is 22.9 Å². The van der Waals surface area contributed by atoms with E-state index in [0.717, 1.165) is 0 Å². The maximum atomic E-state index is 10.8. The van der Waals surface area contributed by atoms with Crippen LogP contribution in [0.2, 0.25) is 0 Å². The van der Waals surface area contributed by atoms with Crippen molar-refractivity contribution >= 4 is 5.69 Å². The summed E-state index contributed by atoms with van der Waals surface area (Å²) in [4.78, 5) is 15.5. The Hall–Kier alpha value is -3.20. The summed E-state index contributed by atoms with van der Waals surface area (Å²) < 4.78 is 0. The van der Waals surface area contributed by atoms with E-state index < -0.39 is 11.0 Å². The third-order valence-corrected chi connectivity index (χ3v) is 3.17. The first-order valence-corrected chi connectivity index (χ1v) is 6.74. The highest BCUT2D eigenvalue weighted by Gasteiger charge is 2.15. The molecule has 2 heterocycles. The molecule has 0 saturated carbocycles. The number of aliphatic hydroxyl groups is 1. The fourth-order valence-corrected chi connectivity index (χ4v) is 2.04. The largest absolute Gasteiger partial charge is 0.386 e. The molecular weight excluding hydrogens is 300 g/mol. The molecule has 0 aliphatic rings. The second kappa shape index (κ2) is 6.28. The first kappa shape index (κ1) is 14.7. The molecule has 9 nitrogen and oxygen atoms in total. The molecule has 3 aromatic rings. The first-order valence-electron chi connectivity index (χ1n) is 6.74. The molecule has 1 aromatic carbocycles. The maximum Gasteiger partial charge on any atom is 0.269 e. The lowest BCUT2D eigenvalue weighted by molar-refractivity contribution is -0.385. The Kier molecular flexibility index (Phi) is 4.02. The van der Waals surface area contributed by atoms with E-state index in [-0.39, 0.29) is 12.2 Å². The van der Waals surface area contributed by atoms with E-state index >= 15 is 0 Å². The number of rotatable bonds is 5. The van der Waals surface area contributed by atoms with Crippen molar-refractivity contribution in [3.63, 3.8) is 0 Å². The number of tetrazole rings is 1. The Morgan fingerprint density at radius 3 is 2.91 bits per heavy atom. The molecule has 0 aliphatic heterocycles. The topological polar surface area (TPSA) is 120 Å². The van der Waals surface area contributed by atoms with Crippen LogP contribution in [0, 0.1) is 10.1 Å². The molecule has 1 N–H and O–H groups in total. The molecule has 3 rings (SSSR count). The molecule has 0 amide bonds. The molecule has 1 atom stereocenters. The van der Waals surface area contributed by atoms with Gasteiger partial charge in [0.2, 0.25) is 5.82 Å². The lowest BCUT2D eigenvalue weighted by atomic mass is 10.1. The highest BCUT2D eigenvalue weighted by Crippen LogP contribution is 2.20. The van der Waals surface area contributed by atoms with Gasteiger partial charge in [0, 0.05) is 30.1 Å². The van der Waals surface area contributed by atoms with Crippen molar-refractivity contribution in [3.8, 4) is 11.4 Å². The molecule has 0 bridgehead atoms. The standard InChI is InChI=1S/C14H12N6O3/c21-13(10-3-1-5-12(7-10)20(22)23)9-19-17-14(16-18-19)11-4-2-6-15-8-11/h1-8,13,21H,9H2/t13-/m1/s1. The van der Waals surface area contributed by atoms with Crippen LogP contribution in [0.1, 0.15) is 11.7 Å². The molecule has 0 aliphatic carbocycles. The third kappa shape index (κ3) is 3.35. The SMILES string of the molecule is O=[N+]([O-])c1cccc([C@H](O)Cn2nnc(-c3cccnc3)n2)c1. The third-order valence-electron chi connectivity index (χ3n) is 3.17. The molecular formula is C14H12N6O3. The summed E-state index contributed by atoms with van der Waals surface area (Å²) in [6, 6.07) is 9.37. The van der Waals surface area contributed by atoms with Gasteiger partial charge in [0.05, 0.1) is 11.5 Å². The van der Waals surface area contributed by atoms with Crippen molar-refractivity contribution in [3.05, 3.63) is 64.5 Å². The van der Waals surface area contributed by atoms with Crippen LogP contribution in [-0.4, -0.2) is 35.2 Å². The van der Waals surface area contributed by atoms with E-state index in [1.165, 1.54) is 23.0 Å². The molecule has 2 aromatic heterocycles. The first-order chi connectivity index (χ1) is 11.1. The molecule has 23 heavy (non-hydrogen) atoms. The maximum absolute atomic E-state index is 10.8. The molecule has 9 heteroatoms. The summed E-state index contributed by atoms with van der Waals surface area (Å²) >= 11 is 0. The van der Waals surface area contributed by atoms with Crippen molar-refractivity contribution < 1.29 is 10.0 Å². The number of pyridine rings is 1. The molecule has 0 saturated heterocycles. The van der Waals surface area contributed by atoms with Crippen LogP contribution in [-0.2, 0) is 6.54 Å². The second-order valence-corrected chi connectivity index (χ2v) is 4.78. The van der Waals surface area contributed by atoms with Gasteiger partial charge in [-0.15, -0.1) is 10.2 Å². The van der Waals surface area contributed by atoms with Crippen LogP contribution in [0.25, 0.3) is 11.4 Å². The number of nitrogens with zero attached hydrogens (tertiary/aromatic N) is 6. The van der Waals surface area contributed by atoms with Crippen molar-refractivity contribution in [1.29, 1.82) is 0 Å². The summed E-state index contributed by atoms with van der Waals surface area (Å²) in [6.07, 6.45) is 2.27. The molecule has 116 valence electrons. The van der Waals surface area contributed by atoms with Crippen LogP contribution < -0.4 is 0 Å². The van der Waals surface area contributed by atoms with Crippen LogP contribution >= 0.6 is 0 Å². The molecule has 0 radical (unpaired) electrons. The van der Waals surface area contributed by atoms with Crippen LogP contribution in [0.4, 0.5) is 5.69 Å². The van der Waals surface area contributed by atoms with Crippen molar-refractivity contribution in [2.24, 2.45) is 0 Å². The average molecular weight is 312 g/mol. The van der Waals surface area contributed by atoms with Gasteiger partial charge >= 0.3 is 0 Å². The minimum atomic E-state index is -0.981. The minimum absolute atomic E-state index is 0.0361. The second-order valence-electron chi connectivity index (χ2n) is 4.78. The van der Waals surface area contributed by atoms with E-state index in [1.807, 2.05) is 0 Å². The zero-order valence-electron chi connectivity index (χ0n) is 11.9. The van der Waals surface area contributed by atoms with Crippen LogP contribution in [0.5, 0.6) is 0 Å². The van der Waals surface area contributed by atoms with Gasteiger partial charge in [-0.25, -0.2) is 0 Å². The number of nitro benzene ring substituents is 1. The summed E-state index contributed by atoms with van der Waals surface area (Å²) in [5.41, 5.74) is 1.05. The summed E-state index contributed by atoms with van der Waals surface area (Å²) in [7, 11) is 0. The Morgan fingerprint density at radius 1 is 1.30 bits per heavy atom. The average Bonchev–Trinajstić information content (AvgIpc) is 3.04. The molecule has 0 fully saturated rings. The van der Waals surface area contributed by atoms with Crippen molar-refractivity contribution in [2.75, 3.05) is 0 Å². The minimum Gasteiger partial charge on any atom is -0.386 e. The van der Waals surface area contributed by atoms with Gasteiger partial charge < -0.3 is 5.11 Å². The number of hydrogen-bond acceptors (Lipinski definition) is 7. The Labute approximate surface area is 130 Å². The van der Waals surface area contributed by atoms with Crippen molar-refractivity contribution in [2.45, 2.75) is 12.6 Å². The monoisotopic (exact) mass is 312 g/mol.